The summed E-state index contributed by atoms with van der Waals surface area (Å²) in [6.07, 6.45) is 1.57. The van der Waals surface area contributed by atoms with Crippen molar-refractivity contribution in [3.05, 3.63) is 42.6 Å². The maximum absolute atomic E-state index is 11.5. The minimum Gasteiger partial charge on any atom is -0.457 e. The molecule has 2 rings (SSSR count). The van der Waals surface area contributed by atoms with Gasteiger partial charge in [-0.25, -0.2) is 9.78 Å². The van der Waals surface area contributed by atoms with Crippen LogP contribution in [0.15, 0.2) is 42.6 Å². The normalized spacial score (nSPS) is 9.90. The van der Waals surface area contributed by atoms with Crippen molar-refractivity contribution in [2.75, 3.05) is 25.1 Å². The number of urea groups is 1. The Morgan fingerprint density at radius 2 is 1.90 bits per heavy atom. The molecular weight excluding hydrogens is 256 g/mol. The predicted octanol–water partition coefficient (Wildman–Crippen LogP) is 2.55. The van der Waals surface area contributed by atoms with E-state index in [9.17, 15) is 4.79 Å². The highest BCUT2D eigenvalue weighted by atomic mass is 16.5. The molecule has 0 saturated heterocycles. The van der Waals surface area contributed by atoms with Crippen molar-refractivity contribution in [1.29, 1.82) is 0 Å². The van der Waals surface area contributed by atoms with E-state index in [-0.39, 0.29) is 6.03 Å². The summed E-state index contributed by atoms with van der Waals surface area (Å²) in [6, 6.07) is 10.2. The van der Waals surface area contributed by atoms with Gasteiger partial charge in [-0.05, 0) is 30.3 Å². The van der Waals surface area contributed by atoms with Crippen molar-refractivity contribution in [2.24, 2.45) is 0 Å². The van der Waals surface area contributed by atoms with Crippen LogP contribution in [0.25, 0.3) is 0 Å². The van der Waals surface area contributed by atoms with E-state index in [1.165, 1.54) is 4.90 Å². The zero-order chi connectivity index (χ0) is 14.5. The number of nitrogen functional groups attached to an aromatic ring is 1. The molecule has 0 saturated carbocycles. The third-order valence-corrected chi connectivity index (χ3v) is 2.49. The van der Waals surface area contributed by atoms with Crippen molar-refractivity contribution in [1.82, 2.24) is 9.88 Å². The zero-order valence-corrected chi connectivity index (χ0v) is 11.3. The first-order chi connectivity index (χ1) is 9.54. The number of pyridine rings is 1. The molecule has 0 aliphatic rings. The molecule has 1 aromatic carbocycles. The number of hydrogen-bond acceptors (Lipinski definition) is 4. The highest BCUT2D eigenvalue weighted by molar-refractivity contribution is 5.88. The number of benzene rings is 1. The van der Waals surface area contributed by atoms with Gasteiger partial charge in [0.2, 0.25) is 0 Å². The van der Waals surface area contributed by atoms with Crippen LogP contribution in [0, 0.1) is 0 Å². The molecule has 0 aliphatic heterocycles. The number of aromatic nitrogens is 1. The summed E-state index contributed by atoms with van der Waals surface area (Å²) in [5.74, 6) is 1.67. The number of nitrogens with two attached hydrogens (primary N) is 1. The molecule has 0 spiro atoms. The molecule has 6 heteroatoms. The van der Waals surface area contributed by atoms with Crippen molar-refractivity contribution in [3.8, 4) is 11.5 Å². The van der Waals surface area contributed by atoms with Gasteiger partial charge in [-0.3, -0.25) is 5.32 Å². The number of amides is 2. The Morgan fingerprint density at radius 3 is 2.55 bits per heavy atom. The van der Waals surface area contributed by atoms with Crippen LogP contribution in [-0.4, -0.2) is 30.0 Å². The molecule has 2 amide bonds. The molecule has 104 valence electrons. The lowest BCUT2D eigenvalue weighted by molar-refractivity contribution is 0.230. The molecule has 0 radical (unpaired) electrons. The minimum atomic E-state index is -0.248. The molecule has 3 N–H and O–H groups in total. The van der Waals surface area contributed by atoms with Gasteiger partial charge in [0.25, 0.3) is 0 Å². The summed E-state index contributed by atoms with van der Waals surface area (Å²) < 4.78 is 5.66. The fourth-order valence-electron chi connectivity index (χ4n) is 1.44. The zero-order valence-electron chi connectivity index (χ0n) is 11.3. The van der Waals surface area contributed by atoms with E-state index >= 15 is 0 Å². The van der Waals surface area contributed by atoms with E-state index in [2.05, 4.69) is 10.3 Å². The fraction of sp³-hybridized carbons (Fsp3) is 0.143. The van der Waals surface area contributed by atoms with Crippen LogP contribution in [0.3, 0.4) is 0 Å². The van der Waals surface area contributed by atoms with E-state index in [0.717, 1.165) is 0 Å². The quantitative estimate of drug-likeness (QED) is 0.841. The second kappa shape index (κ2) is 5.92. The van der Waals surface area contributed by atoms with Crippen LogP contribution in [0.4, 0.5) is 16.3 Å². The van der Waals surface area contributed by atoms with Gasteiger partial charge in [-0.1, -0.05) is 0 Å². The molecule has 0 fully saturated rings. The average molecular weight is 272 g/mol. The summed E-state index contributed by atoms with van der Waals surface area (Å²) in [6.45, 7) is 0. The third-order valence-electron chi connectivity index (χ3n) is 2.49. The number of anilines is 2. The van der Waals surface area contributed by atoms with Gasteiger partial charge < -0.3 is 15.4 Å². The third kappa shape index (κ3) is 3.61. The second-order valence-corrected chi connectivity index (χ2v) is 4.37. The summed E-state index contributed by atoms with van der Waals surface area (Å²) in [4.78, 5) is 17.0. The topological polar surface area (TPSA) is 80.5 Å². The van der Waals surface area contributed by atoms with Crippen LogP contribution in [0.2, 0.25) is 0 Å². The van der Waals surface area contributed by atoms with E-state index in [1.54, 1.807) is 56.7 Å². The maximum atomic E-state index is 11.5. The number of hydrogen-bond donors (Lipinski definition) is 2. The van der Waals surface area contributed by atoms with Crippen molar-refractivity contribution >= 4 is 17.5 Å². The molecule has 20 heavy (non-hydrogen) atoms. The summed E-state index contributed by atoms with van der Waals surface area (Å²) in [5.41, 5.74) is 6.28. The lowest BCUT2D eigenvalue weighted by Crippen LogP contribution is -2.27. The summed E-state index contributed by atoms with van der Waals surface area (Å²) >= 11 is 0. The molecule has 2 aromatic rings. The first-order valence-electron chi connectivity index (χ1n) is 6.02. The molecule has 1 heterocycles. The molecule has 1 aromatic heterocycles. The molecule has 0 atom stereocenters. The van der Waals surface area contributed by atoms with Crippen LogP contribution in [0.5, 0.6) is 11.5 Å². The Morgan fingerprint density at radius 1 is 1.20 bits per heavy atom. The van der Waals surface area contributed by atoms with E-state index < -0.39 is 0 Å². The van der Waals surface area contributed by atoms with Crippen LogP contribution >= 0.6 is 0 Å². The standard InChI is InChI=1S/C14H16N4O2/c1-18(2)14(19)17-13-9-12(7-8-16-13)20-11-5-3-10(15)4-6-11/h3-9H,15H2,1-2H3,(H,16,17,19). The molecule has 6 nitrogen and oxygen atoms in total. The number of rotatable bonds is 3. The lowest BCUT2D eigenvalue weighted by atomic mass is 10.3. The monoisotopic (exact) mass is 272 g/mol. The van der Waals surface area contributed by atoms with Gasteiger partial charge in [-0.2, -0.15) is 0 Å². The average Bonchev–Trinajstić information content (AvgIpc) is 2.42. The van der Waals surface area contributed by atoms with Crippen molar-refractivity contribution < 1.29 is 9.53 Å². The van der Waals surface area contributed by atoms with Gasteiger partial charge >= 0.3 is 6.03 Å². The number of ether oxygens (including phenoxy) is 1. The van der Waals surface area contributed by atoms with Crippen LogP contribution < -0.4 is 15.8 Å². The maximum Gasteiger partial charge on any atom is 0.322 e. The first kappa shape index (κ1) is 13.7. The Labute approximate surface area is 117 Å². The van der Waals surface area contributed by atoms with E-state index in [1.807, 2.05) is 0 Å². The number of nitrogens with zero attached hydrogens (tertiary/aromatic N) is 2. The van der Waals surface area contributed by atoms with Crippen LogP contribution in [-0.2, 0) is 0 Å². The summed E-state index contributed by atoms with van der Waals surface area (Å²) in [7, 11) is 3.31. The first-order valence-corrected chi connectivity index (χ1v) is 6.02. The SMILES string of the molecule is CN(C)C(=O)Nc1cc(Oc2ccc(N)cc2)ccn1. The second-order valence-electron chi connectivity index (χ2n) is 4.37. The molecule has 0 unspecified atom stereocenters. The van der Waals surface area contributed by atoms with E-state index in [4.69, 9.17) is 10.5 Å². The molecule has 0 aliphatic carbocycles. The van der Waals surface area contributed by atoms with E-state index in [0.29, 0.717) is 23.0 Å². The Hall–Kier alpha value is -2.76. The highest BCUT2D eigenvalue weighted by Gasteiger charge is 2.06. The predicted molar refractivity (Wildman–Crippen MR) is 77.9 cm³/mol. The van der Waals surface area contributed by atoms with Crippen molar-refractivity contribution in [3.63, 3.8) is 0 Å². The van der Waals surface area contributed by atoms with Gasteiger partial charge in [0.1, 0.15) is 17.3 Å². The van der Waals surface area contributed by atoms with Gasteiger partial charge in [0, 0.05) is 32.0 Å². The number of carbonyl (C=O) groups is 1. The fourth-order valence-corrected chi connectivity index (χ4v) is 1.44. The minimum absolute atomic E-state index is 0.248. The Bertz CT molecular complexity index is 596. The lowest BCUT2D eigenvalue weighted by Gasteiger charge is -2.12. The Balaban J connectivity index is 2.09. The molecule has 0 bridgehead atoms. The molecular formula is C14H16N4O2. The number of nitrogens with one attached hydrogen (secondary N) is 1. The smallest absolute Gasteiger partial charge is 0.322 e. The number of carbonyl (C=O) groups excluding carboxylic acids is 1. The van der Waals surface area contributed by atoms with Gasteiger partial charge in [-0.15, -0.1) is 0 Å². The Kier molecular flexibility index (Phi) is 4.05. The largest absolute Gasteiger partial charge is 0.457 e. The van der Waals surface area contributed by atoms with Gasteiger partial charge in [0.15, 0.2) is 0 Å². The highest BCUT2D eigenvalue weighted by Crippen LogP contribution is 2.23. The summed E-state index contributed by atoms with van der Waals surface area (Å²) in [5, 5.41) is 2.65. The van der Waals surface area contributed by atoms with Crippen LogP contribution in [0.1, 0.15) is 0 Å². The van der Waals surface area contributed by atoms with Crippen molar-refractivity contribution in [2.45, 2.75) is 0 Å². The van der Waals surface area contributed by atoms with Gasteiger partial charge in [0.05, 0.1) is 0 Å².